The number of carbonyl (C=O) groups excluding carboxylic acids is 1. The summed E-state index contributed by atoms with van der Waals surface area (Å²) >= 11 is 0. The SMILES string of the molecule is COCCCCCNC(=O)Nc1ccc2[nH]ncc2c1. The van der Waals surface area contributed by atoms with Gasteiger partial charge in [-0.05, 0) is 37.5 Å². The van der Waals surface area contributed by atoms with Crippen molar-refractivity contribution in [2.24, 2.45) is 0 Å². The zero-order valence-corrected chi connectivity index (χ0v) is 11.6. The molecule has 20 heavy (non-hydrogen) atoms. The fourth-order valence-corrected chi connectivity index (χ4v) is 1.95. The Morgan fingerprint density at radius 3 is 3.10 bits per heavy atom. The maximum Gasteiger partial charge on any atom is 0.319 e. The number of hydrogen-bond acceptors (Lipinski definition) is 3. The van der Waals surface area contributed by atoms with Crippen LogP contribution in [0.4, 0.5) is 10.5 Å². The van der Waals surface area contributed by atoms with Gasteiger partial charge in [-0.25, -0.2) is 4.79 Å². The molecule has 1 aromatic heterocycles. The summed E-state index contributed by atoms with van der Waals surface area (Å²) in [5.74, 6) is 0. The van der Waals surface area contributed by atoms with Gasteiger partial charge in [0.25, 0.3) is 0 Å². The Labute approximate surface area is 117 Å². The molecule has 0 saturated heterocycles. The lowest BCUT2D eigenvalue weighted by molar-refractivity contribution is 0.192. The number of rotatable bonds is 7. The number of H-pyrrole nitrogens is 1. The van der Waals surface area contributed by atoms with E-state index in [0.717, 1.165) is 42.5 Å². The number of urea groups is 1. The van der Waals surface area contributed by atoms with E-state index in [4.69, 9.17) is 4.74 Å². The smallest absolute Gasteiger partial charge is 0.319 e. The number of unbranched alkanes of at least 4 members (excludes halogenated alkanes) is 2. The Morgan fingerprint density at radius 1 is 1.35 bits per heavy atom. The molecule has 0 aliphatic carbocycles. The van der Waals surface area contributed by atoms with Gasteiger partial charge < -0.3 is 15.4 Å². The van der Waals surface area contributed by atoms with Crippen molar-refractivity contribution in [1.29, 1.82) is 0 Å². The summed E-state index contributed by atoms with van der Waals surface area (Å²) in [6.45, 7) is 1.44. The molecule has 6 nitrogen and oxygen atoms in total. The molecular formula is C14H20N4O2. The van der Waals surface area contributed by atoms with E-state index in [1.54, 1.807) is 13.3 Å². The number of amides is 2. The van der Waals surface area contributed by atoms with E-state index < -0.39 is 0 Å². The van der Waals surface area contributed by atoms with Crippen molar-refractivity contribution in [3.05, 3.63) is 24.4 Å². The van der Waals surface area contributed by atoms with Gasteiger partial charge in [0.1, 0.15) is 0 Å². The monoisotopic (exact) mass is 276 g/mol. The molecule has 2 rings (SSSR count). The molecule has 6 heteroatoms. The van der Waals surface area contributed by atoms with Crippen molar-refractivity contribution in [3.8, 4) is 0 Å². The van der Waals surface area contributed by atoms with Gasteiger partial charge in [-0.15, -0.1) is 0 Å². The van der Waals surface area contributed by atoms with Crippen LogP contribution in [-0.2, 0) is 4.74 Å². The topological polar surface area (TPSA) is 79.0 Å². The van der Waals surface area contributed by atoms with Gasteiger partial charge in [0.15, 0.2) is 0 Å². The van der Waals surface area contributed by atoms with Crippen LogP contribution in [0.5, 0.6) is 0 Å². The van der Waals surface area contributed by atoms with Gasteiger partial charge in [0.2, 0.25) is 0 Å². The highest BCUT2D eigenvalue weighted by Gasteiger charge is 2.02. The minimum absolute atomic E-state index is 0.181. The van der Waals surface area contributed by atoms with E-state index in [1.807, 2.05) is 18.2 Å². The van der Waals surface area contributed by atoms with Gasteiger partial charge in [-0.3, -0.25) is 5.10 Å². The number of nitrogens with zero attached hydrogens (tertiary/aromatic N) is 1. The highest BCUT2D eigenvalue weighted by atomic mass is 16.5. The molecule has 108 valence electrons. The Morgan fingerprint density at radius 2 is 2.25 bits per heavy atom. The Kier molecular flexibility index (Phi) is 5.37. The standard InChI is InChI=1S/C14H20N4O2/c1-20-8-4-2-3-7-15-14(19)17-12-5-6-13-11(9-12)10-16-18-13/h5-6,9-10H,2-4,7-8H2,1H3,(H,16,18)(H2,15,17,19). The van der Waals surface area contributed by atoms with Gasteiger partial charge in [0.05, 0.1) is 11.7 Å². The van der Waals surface area contributed by atoms with Crippen LogP contribution in [0.1, 0.15) is 19.3 Å². The maximum atomic E-state index is 11.7. The zero-order chi connectivity index (χ0) is 14.2. The average Bonchev–Trinajstić information content (AvgIpc) is 2.90. The lowest BCUT2D eigenvalue weighted by Crippen LogP contribution is -2.29. The lowest BCUT2D eigenvalue weighted by atomic mass is 10.2. The van der Waals surface area contributed by atoms with Crippen molar-refractivity contribution >= 4 is 22.6 Å². The van der Waals surface area contributed by atoms with Crippen LogP contribution in [0, 0.1) is 0 Å². The summed E-state index contributed by atoms with van der Waals surface area (Å²) in [6, 6.07) is 5.44. The normalized spacial score (nSPS) is 10.7. The molecule has 0 unspecified atom stereocenters. The second-order valence-corrected chi connectivity index (χ2v) is 4.61. The van der Waals surface area contributed by atoms with Gasteiger partial charge >= 0.3 is 6.03 Å². The van der Waals surface area contributed by atoms with Gasteiger partial charge in [-0.2, -0.15) is 5.10 Å². The first kappa shape index (κ1) is 14.3. The molecular weight excluding hydrogens is 256 g/mol. The number of nitrogens with one attached hydrogen (secondary N) is 3. The number of methoxy groups -OCH3 is 1. The predicted molar refractivity (Wildman–Crippen MR) is 78.8 cm³/mol. The van der Waals surface area contributed by atoms with Crippen LogP contribution in [0.3, 0.4) is 0 Å². The van der Waals surface area contributed by atoms with Crippen molar-refractivity contribution in [1.82, 2.24) is 15.5 Å². The molecule has 1 aromatic carbocycles. The van der Waals surface area contributed by atoms with E-state index in [1.165, 1.54) is 0 Å². The Bertz CT molecular complexity index is 553. The first-order valence-electron chi connectivity index (χ1n) is 6.76. The summed E-state index contributed by atoms with van der Waals surface area (Å²) < 4.78 is 4.97. The third-order valence-electron chi connectivity index (χ3n) is 3.01. The van der Waals surface area contributed by atoms with Crippen LogP contribution >= 0.6 is 0 Å². The number of ether oxygens (including phenoxy) is 1. The molecule has 0 spiro atoms. The van der Waals surface area contributed by atoms with Crippen LogP contribution in [0.25, 0.3) is 10.9 Å². The summed E-state index contributed by atoms with van der Waals surface area (Å²) in [7, 11) is 1.70. The molecule has 0 bridgehead atoms. The highest BCUT2D eigenvalue weighted by Crippen LogP contribution is 2.16. The fourth-order valence-electron chi connectivity index (χ4n) is 1.95. The predicted octanol–water partition coefficient (Wildman–Crippen LogP) is 2.50. The van der Waals surface area contributed by atoms with E-state index in [2.05, 4.69) is 20.8 Å². The van der Waals surface area contributed by atoms with Gasteiger partial charge in [-0.1, -0.05) is 0 Å². The molecule has 0 radical (unpaired) electrons. The van der Waals surface area contributed by atoms with Crippen LogP contribution in [0.2, 0.25) is 0 Å². The zero-order valence-electron chi connectivity index (χ0n) is 11.6. The number of hydrogen-bond donors (Lipinski definition) is 3. The van der Waals surface area contributed by atoms with Crippen molar-refractivity contribution < 1.29 is 9.53 Å². The summed E-state index contributed by atoms with van der Waals surface area (Å²) in [5.41, 5.74) is 1.71. The number of aromatic amines is 1. The summed E-state index contributed by atoms with van der Waals surface area (Å²) in [4.78, 5) is 11.7. The fraction of sp³-hybridized carbons (Fsp3) is 0.429. The average molecular weight is 276 g/mol. The second kappa shape index (κ2) is 7.49. The van der Waals surface area contributed by atoms with Crippen LogP contribution < -0.4 is 10.6 Å². The molecule has 1 heterocycles. The number of fused-ring (bicyclic) bond motifs is 1. The number of anilines is 1. The number of benzene rings is 1. The highest BCUT2D eigenvalue weighted by molar-refractivity contribution is 5.92. The largest absolute Gasteiger partial charge is 0.385 e. The minimum Gasteiger partial charge on any atom is -0.385 e. The second-order valence-electron chi connectivity index (χ2n) is 4.61. The summed E-state index contributed by atoms with van der Waals surface area (Å²) in [5, 5.41) is 13.4. The third kappa shape index (κ3) is 4.24. The molecule has 2 aromatic rings. The molecule has 0 fully saturated rings. The molecule has 2 amide bonds. The first-order chi connectivity index (χ1) is 9.79. The van der Waals surface area contributed by atoms with Crippen LogP contribution in [-0.4, -0.2) is 36.5 Å². The third-order valence-corrected chi connectivity index (χ3v) is 3.01. The molecule has 0 aliphatic rings. The molecule has 0 atom stereocenters. The lowest BCUT2D eigenvalue weighted by Gasteiger charge is -2.07. The first-order valence-corrected chi connectivity index (χ1v) is 6.76. The van der Waals surface area contributed by atoms with E-state index in [0.29, 0.717) is 6.54 Å². The number of aromatic nitrogens is 2. The Hall–Kier alpha value is -2.08. The van der Waals surface area contributed by atoms with Gasteiger partial charge in [0, 0.05) is 31.3 Å². The molecule has 0 aliphatic heterocycles. The van der Waals surface area contributed by atoms with E-state index >= 15 is 0 Å². The quantitative estimate of drug-likeness (QED) is 0.680. The molecule has 0 saturated carbocycles. The van der Waals surface area contributed by atoms with Crippen molar-refractivity contribution in [3.63, 3.8) is 0 Å². The van der Waals surface area contributed by atoms with Crippen molar-refractivity contribution in [2.45, 2.75) is 19.3 Å². The van der Waals surface area contributed by atoms with E-state index in [-0.39, 0.29) is 6.03 Å². The number of carbonyl (C=O) groups is 1. The minimum atomic E-state index is -0.181. The summed E-state index contributed by atoms with van der Waals surface area (Å²) in [6.07, 6.45) is 4.76. The Balaban J connectivity index is 1.71. The van der Waals surface area contributed by atoms with Crippen molar-refractivity contribution in [2.75, 3.05) is 25.6 Å². The van der Waals surface area contributed by atoms with E-state index in [9.17, 15) is 4.79 Å². The van der Waals surface area contributed by atoms with Crippen LogP contribution in [0.15, 0.2) is 24.4 Å². The molecule has 3 N–H and O–H groups in total. The maximum absolute atomic E-state index is 11.7.